The van der Waals surface area contributed by atoms with E-state index in [1.807, 2.05) is 13.0 Å². The quantitative estimate of drug-likeness (QED) is 0.759. The molecule has 0 bridgehead atoms. The van der Waals surface area contributed by atoms with Gasteiger partial charge in [-0.25, -0.2) is 4.39 Å². The van der Waals surface area contributed by atoms with E-state index >= 15 is 0 Å². The second kappa shape index (κ2) is 3.60. The Morgan fingerprint density at radius 3 is 2.71 bits per heavy atom. The predicted molar refractivity (Wildman–Crippen MR) is 56.9 cm³/mol. The first-order chi connectivity index (χ1) is 6.66. The molecule has 1 nitrogen and oxygen atoms in total. The minimum Gasteiger partial charge on any atom is -0.382 e. The Morgan fingerprint density at radius 2 is 2.07 bits per heavy atom. The van der Waals surface area contributed by atoms with Gasteiger partial charge >= 0.3 is 0 Å². The van der Waals surface area contributed by atoms with E-state index in [2.05, 4.69) is 12.2 Å². The molecule has 1 aromatic carbocycles. The first kappa shape index (κ1) is 9.50. The van der Waals surface area contributed by atoms with E-state index in [0.717, 1.165) is 17.2 Å². The zero-order valence-corrected chi connectivity index (χ0v) is 8.68. The summed E-state index contributed by atoms with van der Waals surface area (Å²) >= 11 is 0. The van der Waals surface area contributed by atoms with Crippen LogP contribution < -0.4 is 5.32 Å². The van der Waals surface area contributed by atoms with E-state index < -0.39 is 0 Å². The minimum atomic E-state index is -0.123. The van der Waals surface area contributed by atoms with Crippen LogP contribution >= 0.6 is 0 Å². The van der Waals surface area contributed by atoms with Crippen molar-refractivity contribution in [3.8, 4) is 0 Å². The van der Waals surface area contributed by atoms with Crippen LogP contribution in [0, 0.1) is 18.7 Å². The Morgan fingerprint density at radius 1 is 1.36 bits per heavy atom. The highest BCUT2D eigenvalue weighted by atomic mass is 19.1. The molecule has 2 heteroatoms. The van der Waals surface area contributed by atoms with Crippen molar-refractivity contribution in [3.05, 3.63) is 29.6 Å². The van der Waals surface area contributed by atoms with E-state index in [9.17, 15) is 4.39 Å². The smallest absolute Gasteiger partial charge is 0.128 e. The molecule has 1 saturated carbocycles. The molecule has 0 atom stereocenters. The van der Waals surface area contributed by atoms with Crippen LogP contribution in [0.1, 0.15) is 25.3 Å². The lowest BCUT2D eigenvalue weighted by atomic mass is 9.81. The molecule has 0 unspecified atom stereocenters. The highest BCUT2D eigenvalue weighted by Gasteiger charge is 2.25. The van der Waals surface area contributed by atoms with Gasteiger partial charge in [0.2, 0.25) is 0 Å². The van der Waals surface area contributed by atoms with E-state index in [1.54, 1.807) is 6.07 Å². The van der Waals surface area contributed by atoms with Crippen molar-refractivity contribution in [3.63, 3.8) is 0 Å². The SMILES string of the molecule is Cc1c(F)cccc1NC1CC(C)C1. The number of hydrogen-bond donors (Lipinski definition) is 1. The second-order valence-electron chi connectivity index (χ2n) is 4.33. The van der Waals surface area contributed by atoms with Crippen LogP contribution in [0.15, 0.2) is 18.2 Å². The van der Waals surface area contributed by atoms with Gasteiger partial charge in [0.15, 0.2) is 0 Å². The van der Waals surface area contributed by atoms with Crippen molar-refractivity contribution in [2.75, 3.05) is 5.32 Å². The summed E-state index contributed by atoms with van der Waals surface area (Å²) < 4.78 is 13.2. The average Bonchev–Trinajstić information content (AvgIpc) is 2.10. The van der Waals surface area contributed by atoms with Crippen LogP contribution in [-0.2, 0) is 0 Å². The van der Waals surface area contributed by atoms with E-state index in [4.69, 9.17) is 0 Å². The summed E-state index contributed by atoms with van der Waals surface area (Å²) in [6.45, 7) is 4.07. The summed E-state index contributed by atoms with van der Waals surface area (Å²) in [5.74, 6) is 0.698. The molecule has 0 saturated heterocycles. The molecular formula is C12H16FN. The van der Waals surface area contributed by atoms with Crippen molar-refractivity contribution < 1.29 is 4.39 Å². The zero-order valence-electron chi connectivity index (χ0n) is 8.68. The van der Waals surface area contributed by atoms with Gasteiger partial charge in [0, 0.05) is 17.3 Å². The van der Waals surface area contributed by atoms with Gasteiger partial charge < -0.3 is 5.32 Å². The fourth-order valence-electron chi connectivity index (χ4n) is 2.00. The molecule has 1 N–H and O–H groups in total. The lowest BCUT2D eigenvalue weighted by molar-refractivity contribution is 0.309. The summed E-state index contributed by atoms with van der Waals surface area (Å²) in [6, 6.07) is 5.75. The van der Waals surface area contributed by atoms with Crippen molar-refractivity contribution in [1.29, 1.82) is 0 Å². The van der Waals surface area contributed by atoms with Gasteiger partial charge in [-0.2, -0.15) is 0 Å². The molecule has 76 valence electrons. The maximum absolute atomic E-state index is 13.2. The third-order valence-electron chi connectivity index (χ3n) is 3.00. The van der Waals surface area contributed by atoms with Crippen molar-refractivity contribution in [2.24, 2.45) is 5.92 Å². The van der Waals surface area contributed by atoms with Crippen molar-refractivity contribution >= 4 is 5.69 Å². The van der Waals surface area contributed by atoms with Crippen LogP contribution in [0.3, 0.4) is 0 Å². The molecule has 0 aromatic heterocycles. The van der Waals surface area contributed by atoms with E-state index in [1.165, 1.54) is 18.9 Å². The Bertz CT molecular complexity index is 329. The maximum Gasteiger partial charge on any atom is 0.128 e. The molecular weight excluding hydrogens is 177 g/mol. The molecule has 1 fully saturated rings. The highest BCUT2D eigenvalue weighted by Crippen LogP contribution is 2.30. The molecule has 0 aliphatic heterocycles. The molecule has 0 radical (unpaired) electrons. The van der Waals surface area contributed by atoms with Gasteiger partial charge in [0.25, 0.3) is 0 Å². The fourth-order valence-corrected chi connectivity index (χ4v) is 2.00. The molecule has 0 spiro atoms. The average molecular weight is 193 g/mol. The minimum absolute atomic E-state index is 0.123. The molecule has 2 rings (SSSR count). The third-order valence-corrected chi connectivity index (χ3v) is 3.00. The lowest BCUT2D eigenvalue weighted by Gasteiger charge is -2.34. The number of halogens is 1. The van der Waals surface area contributed by atoms with Crippen molar-refractivity contribution in [2.45, 2.75) is 32.7 Å². The third kappa shape index (κ3) is 1.74. The molecule has 0 amide bonds. The highest BCUT2D eigenvalue weighted by molar-refractivity contribution is 5.51. The summed E-state index contributed by atoms with van der Waals surface area (Å²) in [4.78, 5) is 0. The van der Waals surface area contributed by atoms with E-state index in [0.29, 0.717) is 6.04 Å². The number of hydrogen-bond acceptors (Lipinski definition) is 1. The Kier molecular flexibility index (Phi) is 2.44. The van der Waals surface area contributed by atoms with Gasteiger partial charge in [0.05, 0.1) is 0 Å². The van der Waals surface area contributed by atoms with Crippen LogP contribution in [0.4, 0.5) is 10.1 Å². The number of nitrogens with one attached hydrogen (secondary N) is 1. The lowest BCUT2D eigenvalue weighted by Crippen LogP contribution is -2.34. The Hall–Kier alpha value is -1.05. The van der Waals surface area contributed by atoms with E-state index in [-0.39, 0.29) is 5.82 Å². The fraction of sp³-hybridized carbons (Fsp3) is 0.500. The second-order valence-corrected chi connectivity index (χ2v) is 4.33. The van der Waals surface area contributed by atoms with Gasteiger partial charge in [-0.05, 0) is 37.8 Å². The molecule has 1 aromatic rings. The Balaban J connectivity index is 2.06. The van der Waals surface area contributed by atoms with Crippen LogP contribution in [-0.4, -0.2) is 6.04 Å². The maximum atomic E-state index is 13.2. The zero-order chi connectivity index (χ0) is 10.1. The van der Waals surface area contributed by atoms with Gasteiger partial charge in [0.1, 0.15) is 5.82 Å². The summed E-state index contributed by atoms with van der Waals surface area (Å²) in [5.41, 5.74) is 1.67. The summed E-state index contributed by atoms with van der Waals surface area (Å²) in [6.07, 6.45) is 2.41. The number of rotatable bonds is 2. The van der Waals surface area contributed by atoms with Crippen LogP contribution in [0.2, 0.25) is 0 Å². The first-order valence-corrected chi connectivity index (χ1v) is 5.18. The number of anilines is 1. The van der Waals surface area contributed by atoms with Gasteiger partial charge in [-0.1, -0.05) is 13.0 Å². The van der Waals surface area contributed by atoms with Crippen molar-refractivity contribution in [1.82, 2.24) is 0 Å². The molecule has 1 aliphatic carbocycles. The number of benzene rings is 1. The molecule has 14 heavy (non-hydrogen) atoms. The van der Waals surface area contributed by atoms with Gasteiger partial charge in [-0.3, -0.25) is 0 Å². The molecule has 1 aliphatic rings. The molecule has 0 heterocycles. The largest absolute Gasteiger partial charge is 0.382 e. The predicted octanol–water partition coefficient (Wildman–Crippen LogP) is 3.34. The standard InChI is InChI=1S/C12H16FN/c1-8-6-10(7-8)14-12-5-3-4-11(13)9(12)2/h3-5,8,10,14H,6-7H2,1-2H3. The normalized spacial score (nSPS) is 25.6. The van der Waals surface area contributed by atoms with Crippen LogP contribution in [0.5, 0.6) is 0 Å². The Labute approximate surface area is 84.3 Å². The topological polar surface area (TPSA) is 12.0 Å². The summed E-state index contributed by atoms with van der Waals surface area (Å²) in [5, 5.41) is 3.38. The monoisotopic (exact) mass is 193 g/mol. The van der Waals surface area contributed by atoms with Crippen LogP contribution in [0.25, 0.3) is 0 Å². The summed E-state index contributed by atoms with van der Waals surface area (Å²) in [7, 11) is 0. The first-order valence-electron chi connectivity index (χ1n) is 5.18. The van der Waals surface area contributed by atoms with Gasteiger partial charge in [-0.15, -0.1) is 0 Å².